The summed E-state index contributed by atoms with van der Waals surface area (Å²) in [4.78, 5) is 0. The van der Waals surface area contributed by atoms with Crippen LogP contribution in [-0.4, -0.2) is 0 Å². The summed E-state index contributed by atoms with van der Waals surface area (Å²) < 4.78 is 0. The fourth-order valence-corrected chi connectivity index (χ4v) is 0.393. The van der Waals surface area contributed by atoms with Crippen molar-refractivity contribution in [2.45, 2.75) is 6.42 Å². The van der Waals surface area contributed by atoms with Gasteiger partial charge in [0.2, 0.25) is 0 Å². The average Bonchev–Trinajstić information content (AvgIpc) is 2.17. The van der Waals surface area contributed by atoms with Crippen molar-refractivity contribution in [3.8, 4) is 0 Å². The van der Waals surface area contributed by atoms with E-state index in [-0.39, 0.29) is 18.5 Å². The molecule has 0 aromatic heterocycles. The molecule has 0 nitrogen and oxygen atoms in total. The minimum atomic E-state index is -0.145. The first-order valence-corrected chi connectivity index (χ1v) is 13.4. The molecule has 0 aliphatic heterocycles. The van der Waals surface area contributed by atoms with E-state index >= 15 is 0 Å². The molecule has 44 valence electrons. The maximum atomic E-state index is 3.23. The summed E-state index contributed by atoms with van der Waals surface area (Å²) in [5, 5.41) is 0. The third-order valence-electron chi connectivity index (χ3n) is 0.655. The molecule has 0 fully saturated rings. The Morgan fingerprint density at radius 2 is 1.50 bits per heavy atom. The van der Waals surface area contributed by atoms with Crippen molar-refractivity contribution in [3.05, 3.63) is 24.3 Å². The number of rotatable bonds is 0. The monoisotopic (exact) mass is 314 g/mol. The molecular formula is C5H6Br2Zr. The number of hydrogen-bond donors (Lipinski definition) is 0. The van der Waals surface area contributed by atoms with Gasteiger partial charge < -0.3 is 0 Å². The van der Waals surface area contributed by atoms with Gasteiger partial charge in [-0.2, -0.15) is 0 Å². The van der Waals surface area contributed by atoms with Gasteiger partial charge in [0.25, 0.3) is 0 Å². The van der Waals surface area contributed by atoms with E-state index in [1.54, 1.807) is 0 Å². The van der Waals surface area contributed by atoms with Gasteiger partial charge in [0.05, 0.1) is 0 Å². The van der Waals surface area contributed by atoms with Crippen LogP contribution in [0.15, 0.2) is 24.3 Å². The van der Waals surface area contributed by atoms with Gasteiger partial charge in [-0.3, -0.25) is 0 Å². The molecule has 3 heteroatoms. The Hall–Kier alpha value is 1.32. The molecule has 0 heterocycles. The van der Waals surface area contributed by atoms with E-state index in [9.17, 15) is 0 Å². The number of hydrogen-bond acceptors (Lipinski definition) is 0. The van der Waals surface area contributed by atoms with Gasteiger partial charge in [-0.1, -0.05) is 24.3 Å². The zero-order chi connectivity index (χ0) is 6.24. The van der Waals surface area contributed by atoms with Crippen LogP contribution >= 0.6 is 24.4 Å². The Balaban J connectivity index is 0.000000145. The predicted molar refractivity (Wildman–Crippen MR) is 40.8 cm³/mol. The van der Waals surface area contributed by atoms with Crippen LogP contribution in [0.2, 0.25) is 0 Å². The Kier molecular flexibility index (Phi) is 9.70. The molecule has 0 N–H and O–H groups in total. The molecular weight excluding hydrogens is 311 g/mol. The number of halogens is 2. The van der Waals surface area contributed by atoms with Crippen molar-refractivity contribution in [3.63, 3.8) is 0 Å². The van der Waals surface area contributed by atoms with Gasteiger partial charge >= 0.3 is 43.0 Å². The van der Waals surface area contributed by atoms with Crippen molar-refractivity contribution in [2.75, 3.05) is 0 Å². The van der Waals surface area contributed by atoms with Crippen LogP contribution < -0.4 is 0 Å². The fourth-order valence-electron chi connectivity index (χ4n) is 0.393. The SMILES string of the molecule is C1=CCC=C1.[Br][Zr][Br]. The van der Waals surface area contributed by atoms with Crippen LogP contribution in [-0.2, 0) is 18.5 Å². The van der Waals surface area contributed by atoms with E-state index in [0.29, 0.717) is 0 Å². The van der Waals surface area contributed by atoms with Gasteiger partial charge in [-0.15, -0.1) is 0 Å². The third kappa shape index (κ3) is 7.32. The molecule has 0 radical (unpaired) electrons. The molecule has 0 saturated carbocycles. The summed E-state index contributed by atoms with van der Waals surface area (Å²) in [5.74, 6) is 0. The van der Waals surface area contributed by atoms with Crippen LogP contribution in [0.25, 0.3) is 0 Å². The Bertz CT molecular complexity index is 78.4. The van der Waals surface area contributed by atoms with Crippen LogP contribution in [0.5, 0.6) is 0 Å². The molecule has 1 aliphatic carbocycles. The van der Waals surface area contributed by atoms with E-state index < -0.39 is 0 Å². The fraction of sp³-hybridized carbons (Fsp3) is 0.200. The summed E-state index contributed by atoms with van der Waals surface area (Å²) in [6.07, 6.45) is 9.50. The van der Waals surface area contributed by atoms with Gasteiger partial charge in [0, 0.05) is 0 Å². The molecule has 0 amide bonds. The summed E-state index contributed by atoms with van der Waals surface area (Å²) in [7, 11) is 0. The zero-order valence-corrected chi connectivity index (χ0v) is 9.90. The van der Waals surface area contributed by atoms with Crippen LogP contribution in [0, 0.1) is 0 Å². The molecule has 0 bridgehead atoms. The second kappa shape index (κ2) is 8.32. The first-order valence-electron chi connectivity index (χ1n) is 2.19. The number of allylic oxidation sites excluding steroid dienone is 4. The van der Waals surface area contributed by atoms with E-state index in [0.717, 1.165) is 6.42 Å². The summed E-state index contributed by atoms with van der Waals surface area (Å²) in [5.41, 5.74) is 0. The Morgan fingerprint density at radius 1 is 1.12 bits per heavy atom. The third-order valence-corrected chi connectivity index (χ3v) is 0.655. The maximum absolute atomic E-state index is 3.23. The normalized spacial score (nSPS) is 12.8. The summed E-state index contributed by atoms with van der Waals surface area (Å²) >= 11 is 6.32. The molecule has 0 saturated heterocycles. The second-order valence-corrected chi connectivity index (χ2v) is 12.5. The molecule has 0 spiro atoms. The van der Waals surface area contributed by atoms with Crippen LogP contribution in [0.4, 0.5) is 0 Å². The van der Waals surface area contributed by atoms with E-state index in [1.165, 1.54) is 0 Å². The Labute approximate surface area is 72.9 Å². The first kappa shape index (κ1) is 9.32. The molecule has 0 unspecified atom stereocenters. The predicted octanol–water partition coefficient (Wildman–Crippen LogP) is 3.19. The van der Waals surface area contributed by atoms with Gasteiger partial charge in [-0.25, -0.2) is 0 Å². The molecule has 0 aromatic rings. The summed E-state index contributed by atoms with van der Waals surface area (Å²) in [6.45, 7) is 0. The van der Waals surface area contributed by atoms with Crippen molar-refractivity contribution in [1.29, 1.82) is 0 Å². The van der Waals surface area contributed by atoms with Crippen molar-refractivity contribution < 1.29 is 18.5 Å². The van der Waals surface area contributed by atoms with Crippen molar-refractivity contribution in [2.24, 2.45) is 0 Å². The van der Waals surface area contributed by atoms with Crippen molar-refractivity contribution in [1.82, 2.24) is 0 Å². The molecule has 1 rings (SSSR count). The van der Waals surface area contributed by atoms with Crippen LogP contribution in [0.1, 0.15) is 6.42 Å². The topological polar surface area (TPSA) is 0 Å². The second-order valence-electron chi connectivity index (χ2n) is 1.16. The Morgan fingerprint density at radius 3 is 1.62 bits per heavy atom. The average molecular weight is 317 g/mol. The first-order chi connectivity index (χ1) is 3.91. The van der Waals surface area contributed by atoms with Crippen LogP contribution in [0.3, 0.4) is 0 Å². The van der Waals surface area contributed by atoms with Gasteiger partial charge in [-0.05, 0) is 6.42 Å². The van der Waals surface area contributed by atoms with Crippen molar-refractivity contribution >= 4 is 24.4 Å². The standard InChI is InChI=1S/C5H6.2BrH.Zr/c1-2-4-5-3-1;;;/h1-4H,5H2;2*1H;/q;;;+2/p-2. The molecule has 8 heavy (non-hydrogen) atoms. The van der Waals surface area contributed by atoms with Gasteiger partial charge in [0.1, 0.15) is 0 Å². The summed E-state index contributed by atoms with van der Waals surface area (Å²) in [6, 6.07) is 0. The minimum absolute atomic E-state index is 0.145. The molecule has 0 atom stereocenters. The molecule has 0 aromatic carbocycles. The van der Waals surface area contributed by atoms with E-state index in [2.05, 4.69) is 48.7 Å². The quantitative estimate of drug-likeness (QED) is 0.644. The van der Waals surface area contributed by atoms with E-state index in [4.69, 9.17) is 0 Å². The molecule has 1 aliphatic rings. The van der Waals surface area contributed by atoms with Gasteiger partial charge in [0.15, 0.2) is 0 Å². The van der Waals surface area contributed by atoms with E-state index in [1.807, 2.05) is 0 Å². The zero-order valence-electron chi connectivity index (χ0n) is 4.27.